The maximum Gasteiger partial charge on any atom is 0.162 e. The van der Waals surface area contributed by atoms with Crippen LogP contribution in [0.25, 0.3) is 0 Å². The molecule has 2 fully saturated rings. The van der Waals surface area contributed by atoms with Gasteiger partial charge in [-0.1, -0.05) is 18.2 Å². The first-order valence-corrected chi connectivity index (χ1v) is 9.14. The van der Waals surface area contributed by atoms with Gasteiger partial charge in [-0.2, -0.15) is 0 Å². The van der Waals surface area contributed by atoms with Gasteiger partial charge in [0.1, 0.15) is 5.75 Å². The SMILES string of the molecule is CC1(C)OCC(CO)CO1.CC1(C)OCC(COc2ccccc2)CO1. The lowest BCUT2D eigenvalue weighted by atomic mass is 10.1. The summed E-state index contributed by atoms with van der Waals surface area (Å²) in [6.07, 6.45) is 0. The van der Waals surface area contributed by atoms with Crippen LogP contribution in [0.1, 0.15) is 27.7 Å². The Hall–Kier alpha value is -1.18. The molecule has 2 heterocycles. The lowest BCUT2D eigenvalue weighted by Crippen LogP contribution is -2.41. The van der Waals surface area contributed by atoms with E-state index in [1.54, 1.807) is 0 Å². The lowest BCUT2D eigenvalue weighted by molar-refractivity contribution is -0.265. The van der Waals surface area contributed by atoms with Crippen LogP contribution in [0.3, 0.4) is 0 Å². The molecule has 148 valence electrons. The van der Waals surface area contributed by atoms with Gasteiger partial charge in [-0.15, -0.1) is 0 Å². The first-order valence-electron chi connectivity index (χ1n) is 9.14. The zero-order valence-electron chi connectivity index (χ0n) is 16.3. The fourth-order valence-electron chi connectivity index (χ4n) is 2.39. The van der Waals surface area contributed by atoms with E-state index in [4.69, 9.17) is 28.8 Å². The quantitative estimate of drug-likeness (QED) is 0.882. The number of ether oxygens (including phenoxy) is 5. The maximum atomic E-state index is 8.70. The van der Waals surface area contributed by atoms with Gasteiger partial charge in [-0.25, -0.2) is 0 Å². The summed E-state index contributed by atoms with van der Waals surface area (Å²) in [6, 6.07) is 9.81. The van der Waals surface area contributed by atoms with Crippen LogP contribution in [-0.2, 0) is 18.9 Å². The minimum Gasteiger partial charge on any atom is -0.493 e. The predicted molar refractivity (Wildman–Crippen MR) is 98.0 cm³/mol. The number of aliphatic hydroxyl groups is 1. The van der Waals surface area contributed by atoms with Crippen molar-refractivity contribution in [3.05, 3.63) is 30.3 Å². The Morgan fingerprint density at radius 3 is 1.77 bits per heavy atom. The van der Waals surface area contributed by atoms with Crippen LogP contribution in [0.2, 0.25) is 0 Å². The number of hydrogen-bond acceptors (Lipinski definition) is 6. The van der Waals surface area contributed by atoms with Crippen LogP contribution in [0, 0.1) is 11.8 Å². The van der Waals surface area contributed by atoms with E-state index in [1.165, 1.54) is 0 Å². The maximum absolute atomic E-state index is 8.70. The molecule has 1 aromatic rings. The molecule has 0 spiro atoms. The molecule has 2 aliphatic rings. The van der Waals surface area contributed by atoms with E-state index in [2.05, 4.69) is 0 Å². The third-order valence-electron chi connectivity index (χ3n) is 4.15. The van der Waals surface area contributed by atoms with Gasteiger partial charge in [0, 0.05) is 11.8 Å². The van der Waals surface area contributed by atoms with E-state index in [1.807, 2.05) is 58.0 Å². The van der Waals surface area contributed by atoms with Crippen molar-refractivity contribution in [2.45, 2.75) is 39.3 Å². The Kier molecular flexibility index (Phi) is 7.85. The fourth-order valence-corrected chi connectivity index (χ4v) is 2.39. The van der Waals surface area contributed by atoms with Gasteiger partial charge in [0.2, 0.25) is 0 Å². The predicted octanol–water partition coefficient (Wildman–Crippen LogP) is 2.84. The molecule has 6 heteroatoms. The largest absolute Gasteiger partial charge is 0.493 e. The molecule has 2 saturated heterocycles. The fraction of sp³-hybridized carbons (Fsp3) is 0.700. The van der Waals surface area contributed by atoms with Gasteiger partial charge in [-0.05, 0) is 39.8 Å². The first-order chi connectivity index (χ1) is 12.3. The van der Waals surface area contributed by atoms with Crippen molar-refractivity contribution < 1.29 is 28.8 Å². The number of benzene rings is 1. The second-order valence-corrected chi connectivity index (χ2v) is 7.58. The Bertz CT molecular complexity index is 496. The molecule has 0 radical (unpaired) electrons. The highest BCUT2D eigenvalue weighted by atomic mass is 16.7. The molecule has 0 atom stereocenters. The number of aliphatic hydroxyl groups excluding tert-OH is 1. The monoisotopic (exact) mass is 368 g/mol. The molecule has 0 saturated carbocycles. The Morgan fingerprint density at radius 1 is 0.846 bits per heavy atom. The molecular weight excluding hydrogens is 336 g/mol. The first kappa shape index (κ1) is 21.1. The molecule has 0 unspecified atom stereocenters. The molecule has 1 aromatic carbocycles. The van der Waals surface area contributed by atoms with Crippen molar-refractivity contribution in [1.82, 2.24) is 0 Å². The second-order valence-electron chi connectivity index (χ2n) is 7.58. The number of para-hydroxylation sites is 1. The minimum absolute atomic E-state index is 0.149. The van der Waals surface area contributed by atoms with Gasteiger partial charge in [0.05, 0.1) is 39.6 Å². The topological polar surface area (TPSA) is 66.4 Å². The summed E-state index contributed by atoms with van der Waals surface area (Å²) in [5.74, 6) is 0.475. The minimum atomic E-state index is -0.453. The summed E-state index contributed by atoms with van der Waals surface area (Å²) in [7, 11) is 0. The molecular formula is C20H32O6. The van der Waals surface area contributed by atoms with Gasteiger partial charge in [-0.3, -0.25) is 0 Å². The van der Waals surface area contributed by atoms with Crippen LogP contribution in [0.15, 0.2) is 30.3 Å². The highest BCUT2D eigenvalue weighted by Gasteiger charge is 2.29. The Labute approximate surface area is 156 Å². The molecule has 0 aliphatic carbocycles. The normalized spacial score (nSPS) is 23.0. The van der Waals surface area contributed by atoms with Crippen molar-refractivity contribution in [2.24, 2.45) is 11.8 Å². The summed E-state index contributed by atoms with van der Waals surface area (Å²) >= 11 is 0. The summed E-state index contributed by atoms with van der Waals surface area (Å²) in [4.78, 5) is 0. The van der Waals surface area contributed by atoms with E-state index >= 15 is 0 Å². The van der Waals surface area contributed by atoms with Gasteiger partial charge >= 0.3 is 0 Å². The summed E-state index contributed by atoms with van der Waals surface area (Å²) < 4.78 is 27.4. The highest BCUT2D eigenvalue weighted by Crippen LogP contribution is 2.21. The van der Waals surface area contributed by atoms with E-state index in [0.29, 0.717) is 39.0 Å². The average Bonchev–Trinajstić information content (AvgIpc) is 2.62. The second kappa shape index (κ2) is 9.67. The van der Waals surface area contributed by atoms with Crippen molar-refractivity contribution >= 4 is 0 Å². The van der Waals surface area contributed by atoms with Gasteiger partial charge in [0.25, 0.3) is 0 Å². The third kappa shape index (κ3) is 7.60. The smallest absolute Gasteiger partial charge is 0.162 e. The van der Waals surface area contributed by atoms with Crippen LogP contribution in [-0.4, -0.2) is 56.3 Å². The molecule has 26 heavy (non-hydrogen) atoms. The third-order valence-corrected chi connectivity index (χ3v) is 4.15. The molecule has 1 N–H and O–H groups in total. The van der Waals surface area contributed by atoms with E-state index in [0.717, 1.165) is 5.75 Å². The molecule has 6 nitrogen and oxygen atoms in total. The van der Waals surface area contributed by atoms with Crippen molar-refractivity contribution in [3.63, 3.8) is 0 Å². The van der Waals surface area contributed by atoms with E-state index in [9.17, 15) is 0 Å². The van der Waals surface area contributed by atoms with Crippen LogP contribution >= 0.6 is 0 Å². The Balaban J connectivity index is 0.000000209. The number of rotatable bonds is 4. The van der Waals surface area contributed by atoms with E-state index in [-0.39, 0.29) is 12.5 Å². The van der Waals surface area contributed by atoms with Gasteiger partial charge in [0.15, 0.2) is 11.6 Å². The Morgan fingerprint density at radius 2 is 1.31 bits per heavy atom. The molecule has 3 rings (SSSR count). The molecule has 0 amide bonds. The van der Waals surface area contributed by atoms with Crippen LogP contribution in [0.4, 0.5) is 0 Å². The lowest BCUT2D eigenvalue weighted by Gasteiger charge is -2.34. The summed E-state index contributed by atoms with van der Waals surface area (Å²) in [5.41, 5.74) is 0. The zero-order chi connectivity index (χ0) is 19.0. The van der Waals surface area contributed by atoms with Crippen LogP contribution in [0.5, 0.6) is 5.75 Å². The standard InChI is InChI=1S/C13H18O3.C7H14O3/c1-13(2)15-9-11(10-16-13)8-14-12-6-4-3-5-7-12;1-7(2)9-4-6(3-8)5-10-7/h3-7,11H,8-10H2,1-2H3;6,8H,3-5H2,1-2H3. The molecule has 2 aliphatic heterocycles. The van der Waals surface area contributed by atoms with Crippen molar-refractivity contribution in [1.29, 1.82) is 0 Å². The summed E-state index contributed by atoms with van der Waals surface area (Å²) in [6.45, 7) is 11.0. The van der Waals surface area contributed by atoms with Crippen molar-refractivity contribution in [3.8, 4) is 5.75 Å². The van der Waals surface area contributed by atoms with Crippen LogP contribution < -0.4 is 4.74 Å². The summed E-state index contributed by atoms with van der Waals surface area (Å²) in [5, 5.41) is 8.70. The van der Waals surface area contributed by atoms with Gasteiger partial charge < -0.3 is 28.8 Å². The van der Waals surface area contributed by atoms with Crippen molar-refractivity contribution in [2.75, 3.05) is 39.6 Å². The zero-order valence-corrected chi connectivity index (χ0v) is 16.3. The van der Waals surface area contributed by atoms with E-state index < -0.39 is 11.6 Å². The highest BCUT2D eigenvalue weighted by molar-refractivity contribution is 5.20. The molecule has 0 aromatic heterocycles. The number of hydrogen-bond donors (Lipinski definition) is 1. The molecule has 0 bridgehead atoms. The average molecular weight is 368 g/mol.